The van der Waals surface area contributed by atoms with Crippen molar-refractivity contribution >= 4 is 27.3 Å². The van der Waals surface area contributed by atoms with E-state index in [1.165, 1.54) is 17.4 Å². The second kappa shape index (κ2) is 6.54. The third-order valence-corrected chi connectivity index (χ3v) is 4.07. The second-order valence-electron chi connectivity index (χ2n) is 4.62. The molecule has 0 aliphatic carbocycles. The van der Waals surface area contributed by atoms with Gasteiger partial charge < -0.3 is 5.32 Å². The van der Waals surface area contributed by atoms with E-state index in [2.05, 4.69) is 45.3 Å². The Kier molecular flexibility index (Phi) is 5.01. The maximum atomic E-state index is 13.8. The first-order valence-corrected chi connectivity index (χ1v) is 7.66. The highest BCUT2D eigenvalue weighted by molar-refractivity contribution is 9.10. The highest BCUT2D eigenvalue weighted by Crippen LogP contribution is 2.32. The van der Waals surface area contributed by atoms with Gasteiger partial charge in [0.25, 0.3) is 0 Å². The Bertz CT molecular complexity index is 536. The minimum atomic E-state index is -0.285. The van der Waals surface area contributed by atoms with Crippen LogP contribution in [0.3, 0.4) is 0 Å². The molecule has 0 bridgehead atoms. The van der Waals surface area contributed by atoms with Gasteiger partial charge in [0.15, 0.2) is 5.01 Å². The number of hydrogen-bond donors (Lipinski definition) is 1. The van der Waals surface area contributed by atoms with Crippen molar-refractivity contribution in [2.45, 2.75) is 20.4 Å². The van der Waals surface area contributed by atoms with Crippen LogP contribution < -0.4 is 5.32 Å². The Balaban J connectivity index is 2.12. The van der Waals surface area contributed by atoms with Crippen molar-refractivity contribution in [2.75, 3.05) is 6.54 Å². The molecule has 0 aliphatic heterocycles. The number of benzene rings is 1. The topological polar surface area (TPSA) is 37.8 Å². The number of hydrogen-bond acceptors (Lipinski definition) is 4. The van der Waals surface area contributed by atoms with Crippen LogP contribution in [-0.4, -0.2) is 16.7 Å². The smallest absolute Gasteiger partial charge is 0.151 e. The lowest BCUT2D eigenvalue weighted by molar-refractivity contribution is 0.550. The predicted octanol–water partition coefficient (Wildman–Crippen LogP) is 3.85. The number of aromatic nitrogens is 2. The van der Waals surface area contributed by atoms with E-state index in [1.807, 2.05) is 0 Å². The molecule has 0 saturated heterocycles. The van der Waals surface area contributed by atoms with Gasteiger partial charge in [-0.05, 0) is 40.5 Å². The van der Waals surface area contributed by atoms with Crippen molar-refractivity contribution in [3.8, 4) is 10.6 Å². The minimum Gasteiger partial charge on any atom is -0.310 e. The summed E-state index contributed by atoms with van der Waals surface area (Å²) in [6.07, 6.45) is 0. The van der Waals surface area contributed by atoms with Gasteiger partial charge in [0, 0.05) is 11.0 Å². The van der Waals surface area contributed by atoms with Crippen LogP contribution in [0.2, 0.25) is 0 Å². The summed E-state index contributed by atoms with van der Waals surface area (Å²) < 4.78 is 14.5. The van der Waals surface area contributed by atoms with Crippen LogP contribution in [-0.2, 0) is 6.54 Å². The van der Waals surface area contributed by atoms with Crippen LogP contribution in [0.25, 0.3) is 10.6 Å². The van der Waals surface area contributed by atoms with E-state index in [4.69, 9.17) is 0 Å². The molecule has 0 amide bonds. The van der Waals surface area contributed by atoms with Gasteiger partial charge in [-0.1, -0.05) is 31.3 Å². The molecular weight excluding hydrogens is 329 g/mol. The molecular formula is C13H15BrFN3S. The fraction of sp³-hybridized carbons (Fsp3) is 0.385. The molecule has 0 saturated carbocycles. The number of nitrogens with zero attached hydrogens (tertiary/aromatic N) is 2. The van der Waals surface area contributed by atoms with Gasteiger partial charge in [-0.2, -0.15) is 0 Å². The molecule has 102 valence electrons. The lowest BCUT2D eigenvalue weighted by atomic mass is 10.2. The maximum absolute atomic E-state index is 13.8. The van der Waals surface area contributed by atoms with Gasteiger partial charge in [0.05, 0.1) is 5.56 Å². The summed E-state index contributed by atoms with van der Waals surface area (Å²) in [7, 11) is 0. The highest BCUT2D eigenvalue weighted by Gasteiger charge is 2.14. The molecule has 0 unspecified atom stereocenters. The van der Waals surface area contributed by atoms with E-state index < -0.39 is 0 Å². The van der Waals surface area contributed by atoms with Crippen molar-refractivity contribution in [3.05, 3.63) is 33.5 Å². The number of halogens is 2. The Morgan fingerprint density at radius 2 is 2.16 bits per heavy atom. The molecule has 0 radical (unpaired) electrons. The zero-order valence-corrected chi connectivity index (χ0v) is 13.2. The van der Waals surface area contributed by atoms with Crippen LogP contribution in [0, 0.1) is 11.7 Å². The lowest BCUT2D eigenvalue weighted by Crippen LogP contribution is -2.18. The van der Waals surface area contributed by atoms with E-state index in [0.717, 1.165) is 11.6 Å². The van der Waals surface area contributed by atoms with Crippen LogP contribution >= 0.6 is 27.3 Å². The third-order valence-electron chi connectivity index (χ3n) is 2.47. The van der Waals surface area contributed by atoms with Gasteiger partial charge in [-0.15, -0.1) is 10.2 Å². The Morgan fingerprint density at radius 1 is 1.37 bits per heavy atom. The van der Waals surface area contributed by atoms with Crippen LogP contribution in [0.15, 0.2) is 22.7 Å². The van der Waals surface area contributed by atoms with Crippen molar-refractivity contribution in [2.24, 2.45) is 5.92 Å². The molecule has 1 aromatic heterocycles. The molecule has 6 heteroatoms. The van der Waals surface area contributed by atoms with E-state index in [-0.39, 0.29) is 5.82 Å². The van der Waals surface area contributed by atoms with Crippen LogP contribution in [0.4, 0.5) is 4.39 Å². The summed E-state index contributed by atoms with van der Waals surface area (Å²) in [5.74, 6) is 0.306. The molecule has 3 nitrogen and oxygen atoms in total. The van der Waals surface area contributed by atoms with Crippen molar-refractivity contribution < 1.29 is 4.39 Å². The van der Waals surface area contributed by atoms with E-state index >= 15 is 0 Å². The van der Waals surface area contributed by atoms with Crippen molar-refractivity contribution in [1.29, 1.82) is 0 Å². The lowest BCUT2D eigenvalue weighted by Gasteiger charge is -2.04. The summed E-state index contributed by atoms with van der Waals surface area (Å²) >= 11 is 4.76. The summed E-state index contributed by atoms with van der Waals surface area (Å²) in [5, 5.41) is 12.9. The number of nitrogens with one attached hydrogen (secondary N) is 1. The zero-order valence-electron chi connectivity index (χ0n) is 10.8. The summed E-state index contributed by atoms with van der Waals surface area (Å²) in [6.45, 7) is 5.89. The third kappa shape index (κ3) is 3.81. The maximum Gasteiger partial charge on any atom is 0.151 e. The van der Waals surface area contributed by atoms with Crippen LogP contribution in [0.1, 0.15) is 18.9 Å². The SMILES string of the molecule is CC(C)CNCc1nnc(-c2c(F)cccc2Br)s1. The first-order chi connectivity index (χ1) is 9.08. The predicted molar refractivity (Wildman–Crippen MR) is 79.5 cm³/mol. The quantitative estimate of drug-likeness (QED) is 0.895. The molecule has 1 N–H and O–H groups in total. The molecule has 19 heavy (non-hydrogen) atoms. The molecule has 0 spiro atoms. The molecule has 1 heterocycles. The van der Waals surface area contributed by atoms with E-state index in [1.54, 1.807) is 12.1 Å². The monoisotopic (exact) mass is 343 g/mol. The minimum absolute atomic E-state index is 0.285. The highest BCUT2D eigenvalue weighted by atomic mass is 79.9. The first kappa shape index (κ1) is 14.6. The summed E-state index contributed by atoms with van der Waals surface area (Å²) in [4.78, 5) is 0. The molecule has 2 aromatic rings. The standard InChI is InChI=1S/C13H15BrFN3S/c1-8(2)6-16-7-11-17-18-13(19-11)12-9(14)4-3-5-10(12)15/h3-5,8,16H,6-7H2,1-2H3. The van der Waals surface area contributed by atoms with Crippen LogP contribution in [0.5, 0.6) is 0 Å². The Labute approximate surface area is 124 Å². The normalized spacial score (nSPS) is 11.2. The second-order valence-corrected chi connectivity index (χ2v) is 6.54. The Morgan fingerprint density at radius 3 is 2.84 bits per heavy atom. The molecule has 0 fully saturated rings. The van der Waals surface area contributed by atoms with Gasteiger partial charge in [0.2, 0.25) is 0 Å². The fourth-order valence-corrected chi connectivity index (χ4v) is 3.13. The van der Waals surface area contributed by atoms with Gasteiger partial charge in [-0.25, -0.2) is 4.39 Å². The largest absolute Gasteiger partial charge is 0.310 e. The average Bonchev–Trinajstić information content (AvgIpc) is 2.77. The first-order valence-electron chi connectivity index (χ1n) is 6.05. The van der Waals surface area contributed by atoms with Gasteiger partial charge in [0.1, 0.15) is 10.8 Å². The number of rotatable bonds is 5. The van der Waals surface area contributed by atoms with Crippen molar-refractivity contribution in [1.82, 2.24) is 15.5 Å². The van der Waals surface area contributed by atoms with Gasteiger partial charge in [-0.3, -0.25) is 0 Å². The van der Waals surface area contributed by atoms with E-state index in [9.17, 15) is 4.39 Å². The average molecular weight is 344 g/mol. The molecule has 1 aromatic carbocycles. The Hall–Kier alpha value is -0.850. The summed E-state index contributed by atoms with van der Waals surface area (Å²) in [5.41, 5.74) is 0.482. The molecule has 0 aliphatic rings. The van der Waals surface area contributed by atoms with Crippen molar-refractivity contribution in [3.63, 3.8) is 0 Å². The zero-order chi connectivity index (χ0) is 13.8. The molecule has 2 rings (SSSR count). The summed E-state index contributed by atoms with van der Waals surface area (Å²) in [6, 6.07) is 4.89. The molecule has 0 atom stereocenters. The van der Waals surface area contributed by atoms with E-state index in [0.29, 0.717) is 27.5 Å². The fourth-order valence-electron chi connectivity index (χ4n) is 1.60. The van der Waals surface area contributed by atoms with Gasteiger partial charge >= 0.3 is 0 Å².